The molecule has 5 nitrogen and oxygen atoms in total. The smallest absolute Gasteiger partial charge is 0.228 e. The van der Waals surface area contributed by atoms with Gasteiger partial charge in [-0.05, 0) is 42.8 Å². The Morgan fingerprint density at radius 1 is 1.16 bits per heavy atom. The molecule has 1 heterocycles. The highest BCUT2D eigenvalue weighted by atomic mass is 32.2. The number of sulfone groups is 1. The number of aromatic nitrogens is 1. The molecule has 3 aromatic rings. The van der Waals surface area contributed by atoms with Crippen LogP contribution in [0.25, 0.3) is 10.2 Å². The summed E-state index contributed by atoms with van der Waals surface area (Å²) in [7, 11) is -3.22. The molecule has 1 N–H and O–H groups in total. The van der Waals surface area contributed by atoms with E-state index in [0.29, 0.717) is 0 Å². The number of fused-ring (bicyclic) bond motifs is 1. The lowest BCUT2D eigenvalue weighted by molar-refractivity contribution is -0.115. The van der Waals surface area contributed by atoms with Crippen molar-refractivity contribution in [1.82, 2.24) is 4.98 Å². The van der Waals surface area contributed by atoms with Gasteiger partial charge in [0.15, 0.2) is 9.84 Å². The van der Waals surface area contributed by atoms with Crippen LogP contribution < -0.4 is 5.32 Å². The predicted molar refractivity (Wildman–Crippen MR) is 101 cm³/mol. The van der Waals surface area contributed by atoms with Crippen LogP contribution in [0.2, 0.25) is 0 Å². The van der Waals surface area contributed by atoms with Crippen molar-refractivity contribution < 1.29 is 13.2 Å². The number of carbonyl (C=O) groups is 1. The number of hydrogen-bond acceptors (Lipinski definition) is 5. The zero-order chi connectivity index (χ0) is 18.0. The molecule has 7 heteroatoms. The van der Waals surface area contributed by atoms with Crippen molar-refractivity contribution in [1.29, 1.82) is 0 Å². The number of hydrogen-bond donors (Lipinski definition) is 1. The van der Waals surface area contributed by atoms with E-state index in [2.05, 4.69) is 10.3 Å². The second-order valence-electron chi connectivity index (χ2n) is 5.69. The lowest BCUT2D eigenvalue weighted by atomic mass is 10.1. The largest absolute Gasteiger partial charge is 0.326 e. The number of nitrogens with zero attached hydrogens (tertiary/aromatic N) is 1. The first kappa shape index (κ1) is 17.6. The van der Waals surface area contributed by atoms with E-state index in [-0.39, 0.29) is 23.0 Å². The van der Waals surface area contributed by atoms with Crippen LogP contribution in [-0.2, 0) is 21.1 Å². The van der Waals surface area contributed by atoms with Gasteiger partial charge in [0.2, 0.25) is 5.91 Å². The van der Waals surface area contributed by atoms with Crippen molar-refractivity contribution in [2.24, 2.45) is 0 Å². The molecule has 25 heavy (non-hydrogen) atoms. The maximum atomic E-state index is 12.2. The normalized spacial score (nSPS) is 11.6. The topological polar surface area (TPSA) is 76.1 Å². The van der Waals surface area contributed by atoms with Crippen molar-refractivity contribution in [2.45, 2.75) is 25.2 Å². The highest BCUT2D eigenvalue weighted by Crippen LogP contribution is 2.24. The zero-order valence-electron chi connectivity index (χ0n) is 13.9. The second kappa shape index (κ2) is 6.93. The van der Waals surface area contributed by atoms with E-state index in [4.69, 9.17) is 0 Å². The molecule has 0 saturated heterocycles. The van der Waals surface area contributed by atoms with Gasteiger partial charge in [-0.15, -0.1) is 11.3 Å². The maximum Gasteiger partial charge on any atom is 0.228 e. The molecule has 0 aliphatic carbocycles. The summed E-state index contributed by atoms with van der Waals surface area (Å²) in [6.45, 7) is 3.56. The minimum Gasteiger partial charge on any atom is -0.326 e. The third-order valence-electron chi connectivity index (χ3n) is 3.81. The van der Waals surface area contributed by atoms with Crippen molar-refractivity contribution in [3.05, 3.63) is 53.0 Å². The summed E-state index contributed by atoms with van der Waals surface area (Å²) >= 11 is 1.58. The minimum atomic E-state index is -3.22. The van der Waals surface area contributed by atoms with E-state index in [1.807, 2.05) is 25.1 Å². The van der Waals surface area contributed by atoms with E-state index >= 15 is 0 Å². The summed E-state index contributed by atoms with van der Waals surface area (Å²) in [4.78, 5) is 16.9. The van der Waals surface area contributed by atoms with Gasteiger partial charge in [-0.1, -0.05) is 19.1 Å². The summed E-state index contributed by atoms with van der Waals surface area (Å²) in [5, 5.41) is 3.86. The van der Waals surface area contributed by atoms with Gasteiger partial charge in [0, 0.05) is 5.69 Å². The van der Waals surface area contributed by atoms with Crippen molar-refractivity contribution in [3.63, 3.8) is 0 Å². The lowest BCUT2D eigenvalue weighted by Crippen LogP contribution is -2.14. The number of rotatable bonds is 5. The molecular formula is C18H18N2O3S2. The molecule has 0 aliphatic rings. The Morgan fingerprint density at radius 3 is 2.56 bits per heavy atom. The molecule has 0 bridgehead atoms. The fourth-order valence-corrected chi connectivity index (χ4v) is 4.24. The van der Waals surface area contributed by atoms with Crippen LogP contribution in [0, 0.1) is 6.92 Å². The predicted octanol–water partition coefficient (Wildman–Crippen LogP) is 3.58. The molecule has 3 rings (SSSR count). The fourth-order valence-electron chi connectivity index (χ4n) is 2.49. The highest BCUT2D eigenvalue weighted by Gasteiger charge is 2.12. The van der Waals surface area contributed by atoms with Crippen molar-refractivity contribution >= 4 is 43.0 Å². The van der Waals surface area contributed by atoms with Gasteiger partial charge < -0.3 is 5.32 Å². The van der Waals surface area contributed by atoms with E-state index < -0.39 is 9.84 Å². The zero-order valence-corrected chi connectivity index (χ0v) is 15.6. The van der Waals surface area contributed by atoms with E-state index in [0.717, 1.165) is 26.5 Å². The Balaban J connectivity index is 1.69. The molecular weight excluding hydrogens is 356 g/mol. The number of aryl methyl sites for hydroxylation is 1. The Kier molecular flexibility index (Phi) is 4.87. The summed E-state index contributed by atoms with van der Waals surface area (Å²) in [5.74, 6) is -0.0847. The Morgan fingerprint density at radius 2 is 1.88 bits per heavy atom. The SMILES string of the molecule is CCS(=O)(=O)c1ccc(CC(=O)Nc2ccc3nc(C)sc3c2)cc1. The molecule has 130 valence electrons. The van der Waals surface area contributed by atoms with Gasteiger partial charge >= 0.3 is 0 Å². The summed E-state index contributed by atoms with van der Waals surface area (Å²) in [6.07, 6.45) is 0.187. The Bertz CT molecular complexity index is 1020. The number of benzene rings is 2. The summed E-state index contributed by atoms with van der Waals surface area (Å²) < 4.78 is 24.6. The van der Waals surface area contributed by atoms with Crippen LogP contribution in [0.5, 0.6) is 0 Å². The van der Waals surface area contributed by atoms with Crippen LogP contribution in [0.1, 0.15) is 17.5 Å². The van der Waals surface area contributed by atoms with Crippen LogP contribution in [0.15, 0.2) is 47.4 Å². The number of anilines is 1. The lowest BCUT2D eigenvalue weighted by Gasteiger charge is -2.06. The monoisotopic (exact) mass is 374 g/mol. The van der Waals surface area contributed by atoms with Crippen LogP contribution in [0.4, 0.5) is 5.69 Å². The molecule has 0 saturated carbocycles. The molecule has 0 atom stereocenters. The van der Waals surface area contributed by atoms with Crippen LogP contribution in [0.3, 0.4) is 0 Å². The number of nitrogens with one attached hydrogen (secondary N) is 1. The Labute approximate surface area is 150 Å². The third kappa shape index (κ3) is 4.05. The van der Waals surface area contributed by atoms with Crippen LogP contribution >= 0.6 is 11.3 Å². The fraction of sp³-hybridized carbons (Fsp3) is 0.222. The van der Waals surface area contributed by atoms with Crippen LogP contribution in [-0.4, -0.2) is 25.1 Å². The summed E-state index contributed by atoms with van der Waals surface area (Å²) in [6, 6.07) is 12.1. The first-order valence-electron chi connectivity index (χ1n) is 7.86. The Hall–Kier alpha value is -2.25. The maximum absolute atomic E-state index is 12.2. The van der Waals surface area contributed by atoms with E-state index in [1.165, 1.54) is 0 Å². The van der Waals surface area contributed by atoms with E-state index in [1.54, 1.807) is 42.5 Å². The first-order valence-corrected chi connectivity index (χ1v) is 10.3. The average Bonchev–Trinajstić information content (AvgIpc) is 2.94. The molecule has 0 unspecified atom stereocenters. The molecule has 0 spiro atoms. The minimum absolute atomic E-state index is 0.0619. The van der Waals surface area contributed by atoms with Gasteiger partial charge in [0.05, 0.1) is 32.3 Å². The molecule has 0 fully saturated rings. The van der Waals surface area contributed by atoms with Crippen molar-refractivity contribution in [2.75, 3.05) is 11.1 Å². The molecule has 1 amide bonds. The van der Waals surface area contributed by atoms with Gasteiger partial charge in [0.1, 0.15) is 0 Å². The van der Waals surface area contributed by atoms with Gasteiger partial charge in [-0.25, -0.2) is 13.4 Å². The third-order valence-corrected chi connectivity index (χ3v) is 6.49. The summed E-state index contributed by atoms with van der Waals surface area (Å²) in [5.41, 5.74) is 2.42. The quantitative estimate of drug-likeness (QED) is 0.741. The number of amides is 1. The van der Waals surface area contributed by atoms with E-state index in [9.17, 15) is 13.2 Å². The molecule has 2 aromatic carbocycles. The molecule has 0 radical (unpaired) electrons. The van der Waals surface area contributed by atoms with Gasteiger partial charge in [0.25, 0.3) is 0 Å². The first-order chi connectivity index (χ1) is 11.9. The second-order valence-corrected chi connectivity index (χ2v) is 9.20. The number of carbonyl (C=O) groups excluding carboxylic acids is 1. The molecule has 0 aliphatic heterocycles. The average molecular weight is 374 g/mol. The van der Waals surface area contributed by atoms with Gasteiger partial charge in [-0.2, -0.15) is 0 Å². The standard InChI is InChI=1S/C18H18N2O3S2/c1-3-25(22,23)15-7-4-13(5-8-15)10-18(21)20-14-6-9-16-17(11-14)24-12(2)19-16/h4-9,11H,3,10H2,1-2H3,(H,20,21). The number of thiazole rings is 1. The highest BCUT2D eigenvalue weighted by molar-refractivity contribution is 7.91. The van der Waals surface area contributed by atoms with Gasteiger partial charge in [-0.3, -0.25) is 4.79 Å². The molecule has 1 aromatic heterocycles. The van der Waals surface area contributed by atoms with Crippen molar-refractivity contribution in [3.8, 4) is 0 Å².